The molecule has 0 radical (unpaired) electrons. The molecule has 0 aliphatic rings. The number of aryl methyl sites for hydroxylation is 1. The molecule has 1 aromatic carbocycles. The molecular formula is C15H21NO3. The van der Waals surface area contributed by atoms with Crippen LogP contribution in [0, 0.1) is 12.8 Å². The summed E-state index contributed by atoms with van der Waals surface area (Å²) in [6, 6.07) is 7.86. The van der Waals surface area contributed by atoms with Crippen molar-refractivity contribution in [2.45, 2.75) is 33.1 Å². The number of amides is 1. The minimum atomic E-state index is -0.794. The topological polar surface area (TPSA) is 66.4 Å². The molecule has 0 aromatic heterocycles. The van der Waals surface area contributed by atoms with Crippen molar-refractivity contribution in [3.8, 4) is 0 Å². The fourth-order valence-corrected chi connectivity index (χ4v) is 1.71. The normalized spacial score (nSPS) is 11.9. The van der Waals surface area contributed by atoms with Gasteiger partial charge in [-0.05, 0) is 24.8 Å². The van der Waals surface area contributed by atoms with E-state index in [-0.39, 0.29) is 18.2 Å². The van der Waals surface area contributed by atoms with Crippen LogP contribution in [0.5, 0.6) is 0 Å². The monoisotopic (exact) mass is 263 g/mol. The van der Waals surface area contributed by atoms with Crippen LogP contribution >= 0.6 is 0 Å². The molecule has 1 atom stereocenters. The summed E-state index contributed by atoms with van der Waals surface area (Å²) in [5.74, 6) is -0.637. The van der Waals surface area contributed by atoms with E-state index in [9.17, 15) is 9.59 Å². The Morgan fingerprint density at radius 2 is 1.89 bits per heavy atom. The predicted molar refractivity (Wildman–Crippen MR) is 73.9 cm³/mol. The first-order valence-electron chi connectivity index (χ1n) is 6.51. The fraction of sp³-hybridized carbons (Fsp3) is 0.467. The maximum atomic E-state index is 11.7. The van der Waals surface area contributed by atoms with Gasteiger partial charge in [-0.3, -0.25) is 9.59 Å². The summed E-state index contributed by atoms with van der Waals surface area (Å²) in [7, 11) is 0. The molecule has 0 spiro atoms. The average molecular weight is 263 g/mol. The number of aliphatic carboxylic acids is 1. The summed E-state index contributed by atoms with van der Waals surface area (Å²) < 4.78 is 0. The van der Waals surface area contributed by atoms with Crippen LogP contribution in [0.25, 0.3) is 0 Å². The van der Waals surface area contributed by atoms with E-state index in [0.717, 1.165) is 5.56 Å². The molecular weight excluding hydrogens is 242 g/mol. The van der Waals surface area contributed by atoms with Crippen molar-refractivity contribution in [2.75, 3.05) is 6.54 Å². The Balaban J connectivity index is 2.27. The van der Waals surface area contributed by atoms with Gasteiger partial charge in [0.1, 0.15) is 0 Å². The summed E-state index contributed by atoms with van der Waals surface area (Å²) >= 11 is 0. The van der Waals surface area contributed by atoms with E-state index in [4.69, 9.17) is 5.11 Å². The first-order valence-corrected chi connectivity index (χ1v) is 6.51. The summed E-state index contributed by atoms with van der Waals surface area (Å²) in [5, 5.41) is 11.4. The molecule has 0 heterocycles. The van der Waals surface area contributed by atoms with Crippen LogP contribution in [-0.4, -0.2) is 23.5 Å². The van der Waals surface area contributed by atoms with E-state index in [0.29, 0.717) is 19.4 Å². The molecule has 0 fully saturated rings. The third-order valence-corrected chi connectivity index (χ3v) is 2.98. The van der Waals surface area contributed by atoms with E-state index < -0.39 is 5.97 Å². The Labute approximate surface area is 113 Å². The summed E-state index contributed by atoms with van der Waals surface area (Å²) in [6.07, 6.45) is 1.10. The van der Waals surface area contributed by atoms with Gasteiger partial charge in [-0.1, -0.05) is 36.8 Å². The lowest BCUT2D eigenvalue weighted by atomic mass is 10.1. The maximum Gasteiger partial charge on any atom is 0.303 e. The molecule has 4 heteroatoms. The lowest BCUT2D eigenvalue weighted by Gasteiger charge is -2.11. The SMILES string of the molecule is Cc1ccc(CC(=O)NCC(C)CCC(=O)O)cc1. The number of carbonyl (C=O) groups excluding carboxylic acids is 1. The second-order valence-corrected chi connectivity index (χ2v) is 5.00. The van der Waals surface area contributed by atoms with Gasteiger partial charge in [-0.25, -0.2) is 0 Å². The first kappa shape index (κ1) is 15.2. The quantitative estimate of drug-likeness (QED) is 0.792. The lowest BCUT2D eigenvalue weighted by molar-refractivity contribution is -0.137. The number of benzene rings is 1. The summed E-state index contributed by atoms with van der Waals surface area (Å²) in [5.41, 5.74) is 2.16. The molecule has 1 rings (SSSR count). The molecule has 104 valence electrons. The highest BCUT2D eigenvalue weighted by Gasteiger charge is 2.08. The van der Waals surface area contributed by atoms with Crippen molar-refractivity contribution < 1.29 is 14.7 Å². The first-order chi connectivity index (χ1) is 8.97. The Morgan fingerprint density at radius 1 is 1.26 bits per heavy atom. The average Bonchev–Trinajstić information content (AvgIpc) is 2.36. The highest BCUT2D eigenvalue weighted by Crippen LogP contribution is 2.06. The number of hydrogen-bond donors (Lipinski definition) is 2. The highest BCUT2D eigenvalue weighted by atomic mass is 16.4. The van der Waals surface area contributed by atoms with Gasteiger partial charge in [0.2, 0.25) is 5.91 Å². The van der Waals surface area contributed by atoms with E-state index >= 15 is 0 Å². The van der Waals surface area contributed by atoms with E-state index in [2.05, 4.69) is 5.32 Å². The zero-order valence-corrected chi connectivity index (χ0v) is 11.5. The van der Waals surface area contributed by atoms with Gasteiger partial charge in [-0.15, -0.1) is 0 Å². The van der Waals surface area contributed by atoms with Crippen molar-refractivity contribution in [3.05, 3.63) is 35.4 Å². The minimum Gasteiger partial charge on any atom is -0.481 e. The Kier molecular flexibility index (Phi) is 6.06. The number of nitrogens with one attached hydrogen (secondary N) is 1. The van der Waals surface area contributed by atoms with Crippen molar-refractivity contribution in [2.24, 2.45) is 5.92 Å². The lowest BCUT2D eigenvalue weighted by Crippen LogP contribution is -2.29. The molecule has 0 saturated heterocycles. The second kappa shape index (κ2) is 7.56. The number of rotatable bonds is 7. The van der Waals surface area contributed by atoms with Crippen molar-refractivity contribution >= 4 is 11.9 Å². The van der Waals surface area contributed by atoms with Crippen LogP contribution in [0.4, 0.5) is 0 Å². The molecule has 0 aliphatic carbocycles. The van der Waals surface area contributed by atoms with Crippen molar-refractivity contribution in [1.29, 1.82) is 0 Å². The van der Waals surface area contributed by atoms with Gasteiger partial charge in [0.25, 0.3) is 0 Å². The standard InChI is InChI=1S/C15H21NO3/c1-11-3-6-13(7-4-11)9-14(17)16-10-12(2)5-8-15(18)19/h3-4,6-7,12H,5,8-10H2,1-2H3,(H,16,17)(H,18,19). The van der Waals surface area contributed by atoms with Gasteiger partial charge in [0.15, 0.2) is 0 Å². The molecule has 0 bridgehead atoms. The van der Waals surface area contributed by atoms with Crippen LogP contribution in [0.1, 0.15) is 30.9 Å². The molecule has 1 aromatic rings. The molecule has 19 heavy (non-hydrogen) atoms. The fourth-order valence-electron chi connectivity index (χ4n) is 1.71. The Morgan fingerprint density at radius 3 is 2.47 bits per heavy atom. The van der Waals surface area contributed by atoms with Gasteiger partial charge in [0.05, 0.1) is 6.42 Å². The largest absolute Gasteiger partial charge is 0.481 e. The van der Waals surface area contributed by atoms with Crippen LogP contribution in [-0.2, 0) is 16.0 Å². The third kappa shape index (κ3) is 6.60. The molecule has 1 unspecified atom stereocenters. The maximum absolute atomic E-state index is 11.7. The van der Waals surface area contributed by atoms with Gasteiger partial charge in [-0.2, -0.15) is 0 Å². The van der Waals surface area contributed by atoms with Crippen LogP contribution in [0.2, 0.25) is 0 Å². The molecule has 0 aliphatic heterocycles. The molecule has 4 nitrogen and oxygen atoms in total. The van der Waals surface area contributed by atoms with E-state index in [1.807, 2.05) is 38.1 Å². The molecule has 1 amide bonds. The smallest absolute Gasteiger partial charge is 0.303 e. The number of hydrogen-bond acceptors (Lipinski definition) is 2. The minimum absolute atomic E-state index is 0.0222. The molecule has 2 N–H and O–H groups in total. The summed E-state index contributed by atoms with van der Waals surface area (Å²) in [4.78, 5) is 22.1. The second-order valence-electron chi connectivity index (χ2n) is 5.00. The Bertz CT molecular complexity index is 426. The van der Waals surface area contributed by atoms with Crippen LogP contribution in [0.15, 0.2) is 24.3 Å². The zero-order valence-electron chi connectivity index (χ0n) is 11.5. The highest BCUT2D eigenvalue weighted by molar-refractivity contribution is 5.78. The Hall–Kier alpha value is -1.84. The number of carbonyl (C=O) groups is 2. The van der Waals surface area contributed by atoms with Crippen LogP contribution < -0.4 is 5.32 Å². The van der Waals surface area contributed by atoms with E-state index in [1.165, 1.54) is 5.56 Å². The zero-order chi connectivity index (χ0) is 14.3. The van der Waals surface area contributed by atoms with Crippen LogP contribution in [0.3, 0.4) is 0 Å². The van der Waals surface area contributed by atoms with Gasteiger partial charge in [0, 0.05) is 13.0 Å². The number of carboxylic acid groups (broad SMARTS) is 1. The number of carboxylic acids is 1. The van der Waals surface area contributed by atoms with Gasteiger partial charge < -0.3 is 10.4 Å². The van der Waals surface area contributed by atoms with Crippen molar-refractivity contribution in [1.82, 2.24) is 5.32 Å². The van der Waals surface area contributed by atoms with Crippen molar-refractivity contribution in [3.63, 3.8) is 0 Å². The van der Waals surface area contributed by atoms with E-state index in [1.54, 1.807) is 0 Å². The third-order valence-electron chi connectivity index (χ3n) is 2.98. The molecule has 0 saturated carbocycles. The summed E-state index contributed by atoms with van der Waals surface area (Å²) in [6.45, 7) is 4.47. The van der Waals surface area contributed by atoms with Gasteiger partial charge >= 0.3 is 5.97 Å². The predicted octanol–water partition coefficient (Wildman–Crippen LogP) is 2.15.